The molecule has 0 unspecified atom stereocenters. The van der Waals surface area contributed by atoms with Gasteiger partial charge in [0.25, 0.3) is 5.91 Å². The van der Waals surface area contributed by atoms with E-state index in [0.717, 1.165) is 10.5 Å². The minimum absolute atomic E-state index is 0.177. The molecule has 1 fully saturated rings. The number of β-lactam (4-membered cyclic amide) rings is 1. The van der Waals surface area contributed by atoms with Gasteiger partial charge in [0.2, 0.25) is 5.91 Å². The van der Waals surface area contributed by atoms with E-state index in [-0.39, 0.29) is 29.5 Å². The van der Waals surface area contributed by atoms with E-state index in [4.69, 9.17) is 4.74 Å². The van der Waals surface area contributed by atoms with Gasteiger partial charge in [-0.2, -0.15) is 0 Å². The summed E-state index contributed by atoms with van der Waals surface area (Å²) in [7, 11) is 0. The van der Waals surface area contributed by atoms with Crippen molar-refractivity contribution in [1.29, 1.82) is 0 Å². The van der Waals surface area contributed by atoms with E-state index in [1.807, 2.05) is 31.4 Å². The summed E-state index contributed by atoms with van der Waals surface area (Å²) >= 11 is 5.28. The number of amides is 2. The molecule has 2 atom stereocenters. The van der Waals surface area contributed by atoms with Crippen LogP contribution in [0.2, 0.25) is 0 Å². The van der Waals surface area contributed by atoms with Crippen LogP contribution in [0.15, 0.2) is 28.8 Å². The van der Waals surface area contributed by atoms with Crippen LogP contribution in [0.1, 0.15) is 18.7 Å². The number of nitrogens with zero attached hydrogens (tertiary/aromatic N) is 1. The molecule has 1 N–H and O–H groups in total. The van der Waals surface area contributed by atoms with Gasteiger partial charge in [0, 0.05) is 15.1 Å². The van der Waals surface area contributed by atoms with Crippen LogP contribution in [-0.4, -0.2) is 50.9 Å². The lowest BCUT2D eigenvalue weighted by Gasteiger charge is -2.49. The molecule has 0 saturated carbocycles. The van der Waals surface area contributed by atoms with Crippen LogP contribution in [0.5, 0.6) is 0 Å². The Labute approximate surface area is 180 Å². The molecule has 6 nitrogen and oxygen atoms in total. The second kappa shape index (κ2) is 8.95. The predicted octanol–water partition coefficient (Wildman–Crippen LogP) is 2.58. The van der Waals surface area contributed by atoms with Gasteiger partial charge in [0.05, 0.1) is 13.0 Å². The van der Waals surface area contributed by atoms with Crippen molar-refractivity contribution < 1.29 is 19.1 Å². The summed E-state index contributed by atoms with van der Waals surface area (Å²) in [6.07, 6.45) is 0.261. The molecule has 2 amide bonds. The maximum Gasteiger partial charge on any atom is 0.355 e. The van der Waals surface area contributed by atoms with E-state index < -0.39 is 12.0 Å². The highest BCUT2D eigenvalue weighted by Gasteiger charge is 2.54. The topological polar surface area (TPSA) is 75.7 Å². The molecule has 1 aromatic rings. The maximum atomic E-state index is 12.7. The summed E-state index contributed by atoms with van der Waals surface area (Å²) in [5, 5.41) is 4.49. The summed E-state index contributed by atoms with van der Waals surface area (Å²) in [5.74, 6) is 0.00945. The first kappa shape index (κ1) is 20.7. The minimum atomic E-state index is -0.592. The molecule has 0 aromatic carbocycles. The largest absolute Gasteiger partial charge is 0.461 e. The molecule has 3 heterocycles. The summed E-state index contributed by atoms with van der Waals surface area (Å²) in [4.78, 5) is 40.0. The van der Waals surface area contributed by atoms with Gasteiger partial charge >= 0.3 is 5.97 Å². The van der Waals surface area contributed by atoms with Crippen LogP contribution in [0.3, 0.4) is 0 Å². The van der Waals surface area contributed by atoms with Crippen molar-refractivity contribution in [2.45, 2.75) is 31.7 Å². The number of carbonyl (C=O) groups excluding carboxylic acids is 3. The molecule has 3 rings (SSSR count). The number of halogens is 1. The van der Waals surface area contributed by atoms with Crippen molar-refractivity contribution in [1.82, 2.24) is 10.2 Å². The zero-order valence-electron chi connectivity index (χ0n) is 15.1. The van der Waals surface area contributed by atoms with Crippen LogP contribution < -0.4 is 5.32 Å². The number of thiophene rings is 1. The first-order valence-electron chi connectivity index (χ1n) is 8.64. The monoisotopic (exact) mass is 520 g/mol. The number of thioether (sulfide) groups is 1. The molecule has 1 saturated heterocycles. The number of nitrogens with one attached hydrogen (secondary N) is 1. The molecule has 9 heteroatoms. The number of hydrogen-bond donors (Lipinski definition) is 1. The highest BCUT2D eigenvalue weighted by molar-refractivity contribution is 14.1. The number of alkyl halides is 1. The normalized spacial score (nSPS) is 21.8. The Morgan fingerprint density at radius 3 is 2.85 bits per heavy atom. The minimum Gasteiger partial charge on any atom is -0.461 e. The fraction of sp³-hybridized carbons (Fsp3) is 0.500. The van der Waals surface area contributed by atoms with Crippen molar-refractivity contribution in [2.75, 3.05) is 16.8 Å². The fourth-order valence-electron chi connectivity index (χ4n) is 2.88. The van der Waals surface area contributed by atoms with E-state index in [0.29, 0.717) is 22.5 Å². The van der Waals surface area contributed by atoms with Crippen molar-refractivity contribution in [3.8, 4) is 0 Å². The first-order chi connectivity index (χ1) is 12.9. The molecule has 27 heavy (non-hydrogen) atoms. The summed E-state index contributed by atoms with van der Waals surface area (Å²) < 4.78 is 6.03. The van der Waals surface area contributed by atoms with E-state index in [2.05, 4.69) is 27.9 Å². The number of hydrogen-bond acceptors (Lipinski definition) is 6. The molecule has 0 bridgehead atoms. The van der Waals surface area contributed by atoms with E-state index in [1.54, 1.807) is 11.8 Å². The Bertz CT molecular complexity index is 763. The molecular weight excluding hydrogens is 499 g/mol. The van der Waals surface area contributed by atoms with Crippen LogP contribution in [-0.2, 0) is 25.5 Å². The van der Waals surface area contributed by atoms with Gasteiger partial charge in [-0.05, 0) is 22.9 Å². The highest BCUT2D eigenvalue weighted by atomic mass is 127. The van der Waals surface area contributed by atoms with Gasteiger partial charge in [-0.15, -0.1) is 23.1 Å². The molecule has 0 radical (unpaired) electrons. The van der Waals surface area contributed by atoms with Gasteiger partial charge in [-0.3, -0.25) is 14.5 Å². The van der Waals surface area contributed by atoms with Crippen molar-refractivity contribution in [2.24, 2.45) is 5.92 Å². The molecule has 2 aliphatic rings. The van der Waals surface area contributed by atoms with Gasteiger partial charge in [0.15, 0.2) is 0 Å². The summed E-state index contributed by atoms with van der Waals surface area (Å²) in [5.41, 5.74) is 1.27. The zero-order chi connectivity index (χ0) is 19.6. The Morgan fingerprint density at radius 2 is 2.22 bits per heavy atom. The third-order valence-electron chi connectivity index (χ3n) is 4.18. The van der Waals surface area contributed by atoms with Crippen molar-refractivity contribution >= 4 is 63.5 Å². The van der Waals surface area contributed by atoms with Gasteiger partial charge in [-0.1, -0.05) is 42.5 Å². The lowest BCUT2D eigenvalue weighted by atomic mass is 10.0. The highest BCUT2D eigenvalue weighted by Crippen LogP contribution is 2.41. The third-order valence-corrected chi connectivity index (χ3v) is 7.32. The Kier molecular flexibility index (Phi) is 6.85. The SMILES string of the molecule is CC(C)COC(=O)C1=C(CI)CS[C@@H]2[C@H](NC(=O)Cc3cccs3)C(=O)N12. The molecule has 1 aromatic heterocycles. The standard InChI is InChI=1S/C18H21IN2O4S2/c1-10(2)8-25-18(24)15-11(7-19)9-27-17-14(16(23)21(15)17)20-13(22)6-12-4-3-5-26-12/h3-5,10,14,17H,6-9H2,1-2H3,(H,20,22)/t14-,17-/m1/s1. The number of carbonyl (C=O) groups is 3. The number of ether oxygens (including phenoxy) is 1. The van der Waals surface area contributed by atoms with Gasteiger partial charge in [0.1, 0.15) is 17.1 Å². The average Bonchev–Trinajstić information content (AvgIpc) is 3.15. The van der Waals surface area contributed by atoms with Crippen LogP contribution in [0.4, 0.5) is 0 Å². The molecular formula is C18H21IN2O4S2. The molecule has 0 aliphatic carbocycles. The summed E-state index contributed by atoms with van der Waals surface area (Å²) in [6.45, 7) is 4.25. The van der Waals surface area contributed by atoms with Crippen LogP contribution >= 0.6 is 45.7 Å². The maximum absolute atomic E-state index is 12.7. The smallest absolute Gasteiger partial charge is 0.355 e. The van der Waals surface area contributed by atoms with E-state index in [9.17, 15) is 14.4 Å². The van der Waals surface area contributed by atoms with Crippen LogP contribution in [0, 0.1) is 5.92 Å². The number of fused-ring (bicyclic) bond motifs is 1. The second-order valence-electron chi connectivity index (χ2n) is 6.79. The van der Waals surface area contributed by atoms with Crippen molar-refractivity contribution in [3.63, 3.8) is 0 Å². The van der Waals surface area contributed by atoms with Crippen LogP contribution in [0.25, 0.3) is 0 Å². The fourth-order valence-corrected chi connectivity index (χ4v) is 5.93. The van der Waals surface area contributed by atoms with E-state index in [1.165, 1.54) is 16.2 Å². The number of esters is 1. The third kappa shape index (κ3) is 4.51. The Hall–Kier alpha value is -1.07. The quantitative estimate of drug-likeness (QED) is 0.259. The molecule has 146 valence electrons. The Balaban J connectivity index is 1.68. The van der Waals surface area contributed by atoms with Gasteiger partial charge < -0.3 is 10.1 Å². The molecule has 0 spiro atoms. The lowest BCUT2D eigenvalue weighted by molar-refractivity contribution is -0.153. The number of rotatable bonds is 7. The van der Waals surface area contributed by atoms with Crippen molar-refractivity contribution in [3.05, 3.63) is 33.7 Å². The second-order valence-corrected chi connectivity index (χ2v) is 9.69. The predicted molar refractivity (Wildman–Crippen MR) is 115 cm³/mol. The van der Waals surface area contributed by atoms with Gasteiger partial charge in [-0.25, -0.2) is 4.79 Å². The summed E-state index contributed by atoms with van der Waals surface area (Å²) in [6, 6.07) is 3.20. The van der Waals surface area contributed by atoms with E-state index >= 15 is 0 Å². The first-order valence-corrected chi connectivity index (χ1v) is 12.1. The average molecular weight is 520 g/mol. The Morgan fingerprint density at radius 1 is 1.44 bits per heavy atom. The lowest BCUT2D eigenvalue weighted by Crippen LogP contribution is -2.70. The zero-order valence-corrected chi connectivity index (χ0v) is 18.9. The molecule has 2 aliphatic heterocycles.